The van der Waals surface area contributed by atoms with Gasteiger partial charge in [-0.15, -0.1) is 0 Å². The number of phenols is 2. The van der Waals surface area contributed by atoms with Gasteiger partial charge in [0.15, 0.2) is 0 Å². The number of hydrogen-bond acceptors (Lipinski definition) is 3. The summed E-state index contributed by atoms with van der Waals surface area (Å²) in [6.07, 6.45) is 1.70. The Bertz CT molecular complexity index is 400. The third kappa shape index (κ3) is 1.24. The van der Waals surface area contributed by atoms with Gasteiger partial charge in [-0.2, -0.15) is 0 Å². The van der Waals surface area contributed by atoms with Gasteiger partial charge in [-0.3, -0.25) is 0 Å². The van der Waals surface area contributed by atoms with Gasteiger partial charge in [0.25, 0.3) is 0 Å². The third-order valence-corrected chi connectivity index (χ3v) is 3.09. The first-order valence-electron chi connectivity index (χ1n) is 4.46. The molecule has 1 aromatic carbocycles. The molecule has 14 heavy (non-hydrogen) atoms. The maximum absolute atomic E-state index is 9.71. The van der Waals surface area contributed by atoms with E-state index in [2.05, 4.69) is 0 Å². The number of aromatic hydroxyl groups is 2. The first kappa shape index (κ1) is 9.62. The van der Waals surface area contributed by atoms with Gasteiger partial charge in [0, 0.05) is 11.1 Å². The quantitative estimate of drug-likeness (QED) is 0.669. The molecular formula is C10H12ClNO2. The third-order valence-electron chi connectivity index (χ3n) is 2.73. The standard InChI is InChI=1S/C10H12ClNO2/c1-5-4-6(10(12)2-3-10)9(14)7(11)8(5)13/h4,13-14H,2-3,12H2,1H3. The van der Waals surface area contributed by atoms with Crippen LogP contribution >= 0.6 is 11.6 Å². The predicted octanol–water partition coefficient (Wildman–Crippen LogP) is 2.01. The van der Waals surface area contributed by atoms with Crippen LogP contribution < -0.4 is 5.73 Å². The Labute approximate surface area is 87.1 Å². The molecule has 0 heterocycles. The van der Waals surface area contributed by atoms with Crippen LogP contribution in [0.1, 0.15) is 24.0 Å². The van der Waals surface area contributed by atoms with E-state index >= 15 is 0 Å². The molecule has 76 valence electrons. The van der Waals surface area contributed by atoms with Crippen LogP contribution in [-0.2, 0) is 5.54 Å². The minimum atomic E-state index is -0.438. The summed E-state index contributed by atoms with van der Waals surface area (Å²) in [7, 11) is 0. The van der Waals surface area contributed by atoms with Crippen molar-refractivity contribution in [2.45, 2.75) is 25.3 Å². The van der Waals surface area contributed by atoms with E-state index in [4.69, 9.17) is 17.3 Å². The van der Waals surface area contributed by atoms with Crippen molar-refractivity contribution in [1.29, 1.82) is 0 Å². The SMILES string of the molecule is Cc1cc(C2(N)CC2)c(O)c(Cl)c1O. The zero-order chi connectivity index (χ0) is 10.5. The number of hydrogen-bond donors (Lipinski definition) is 3. The number of aryl methyl sites for hydroxylation is 1. The molecule has 1 fully saturated rings. The molecule has 0 aromatic heterocycles. The van der Waals surface area contributed by atoms with Crippen LogP contribution in [0.25, 0.3) is 0 Å². The van der Waals surface area contributed by atoms with Gasteiger partial charge < -0.3 is 15.9 Å². The van der Waals surface area contributed by atoms with E-state index in [1.54, 1.807) is 13.0 Å². The smallest absolute Gasteiger partial charge is 0.143 e. The Kier molecular flexibility index (Phi) is 1.91. The van der Waals surface area contributed by atoms with E-state index < -0.39 is 5.54 Å². The highest BCUT2D eigenvalue weighted by molar-refractivity contribution is 6.33. The monoisotopic (exact) mass is 213 g/mol. The van der Waals surface area contributed by atoms with E-state index in [-0.39, 0.29) is 16.5 Å². The molecule has 0 unspecified atom stereocenters. The number of benzene rings is 1. The number of nitrogens with two attached hydrogens (primary N) is 1. The highest BCUT2D eigenvalue weighted by Crippen LogP contribution is 2.50. The molecule has 2 rings (SSSR count). The Morgan fingerprint density at radius 2 is 1.93 bits per heavy atom. The maximum atomic E-state index is 9.71. The summed E-state index contributed by atoms with van der Waals surface area (Å²) < 4.78 is 0. The fourth-order valence-electron chi connectivity index (χ4n) is 1.54. The summed E-state index contributed by atoms with van der Waals surface area (Å²) >= 11 is 5.77. The molecule has 4 N–H and O–H groups in total. The zero-order valence-corrected chi connectivity index (χ0v) is 8.60. The fraction of sp³-hybridized carbons (Fsp3) is 0.400. The van der Waals surface area contributed by atoms with Crippen molar-refractivity contribution in [3.63, 3.8) is 0 Å². The normalized spacial score (nSPS) is 18.2. The van der Waals surface area contributed by atoms with E-state index in [1.807, 2.05) is 0 Å². The number of rotatable bonds is 1. The summed E-state index contributed by atoms with van der Waals surface area (Å²) in [5.74, 6) is -0.160. The van der Waals surface area contributed by atoms with Gasteiger partial charge in [-0.25, -0.2) is 0 Å². The van der Waals surface area contributed by atoms with Crippen molar-refractivity contribution in [2.24, 2.45) is 5.73 Å². The first-order valence-corrected chi connectivity index (χ1v) is 4.84. The lowest BCUT2D eigenvalue weighted by molar-refractivity contribution is 0.438. The van der Waals surface area contributed by atoms with Gasteiger partial charge in [0.05, 0.1) is 0 Å². The first-order chi connectivity index (χ1) is 6.46. The Hall–Kier alpha value is -0.930. The summed E-state index contributed by atoms with van der Waals surface area (Å²) in [5, 5.41) is 19.2. The summed E-state index contributed by atoms with van der Waals surface area (Å²) in [4.78, 5) is 0. The van der Waals surface area contributed by atoms with E-state index in [9.17, 15) is 10.2 Å². The lowest BCUT2D eigenvalue weighted by atomic mass is 10.0. The van der Waals surface area contributed by atoms with Crippen LogP contribution in [0.3, 0.4) is 0 Å². The van der Waals surface area contributed by atoms with E-state index in [0.717, 1.165) is 12.8 Å². The molecular weight excluding hydrogens is 202 g/mol. The Morgan fingerprint density at radius 3 is 2.43 bits per heavy atom. The van der Waals surface area contributed by atoms with Gasteiger partial charge in [-0.1, -0.05) is 11.6 Å². The second-order valence-electron chi connectivity index (χ2n) is 3.91. The van der Waals surface area contributed by atoms with Crippen LogP contribution in [0, 0.1) is 6.92 Å². The Balaban J connectivity index is 2.62. The Morgan fingerprint density at radius 1 is 1.36 bits per heavy atom. The average molecular weight is 214 g/mol. The largest absolute Gasteiger partial charge is 0.506 e. The molecule has 0 aliphatic heterocycles. The lowest BCUT2D eigenvalue weighted by Crippen LogP contribution is -2.19. The van der Waals surface area contributed by atoms with Gasteiger partial charge in [0.1, 0.15) is 16.5 Å². The molecule has 0 saturated heterocycles. The van der Waals surface area contributed by atoms with Crippen molar-refractivity contribution in [1.82, 2.24) is 0 Å². The van der Waals surface area contributed by atoms with E-state index in [0.29, 0.717) is 11.1 Å². The van der Waals surface area contributed by atoms with Crippen LogP contribution in [0.15, 0.2) is 6.07 Å². The second-order valence-corrected chi connectivity index (χ2v) is 4.29. The van der Waals surface area contributed by atoms with E-state index in [1.165, 1.54) is 0 Å². The minimum Gasteiger partial charge on any atom is -0.506 e. The van der Waals surface area contributed by atoms with Crippen molar-refractivity contribution in [3.8, 4) is 11.5 Å². The minimum absolute atomic E-state index is 0.00303. The molecule has 0 radical (unpaired) electrons. The van der Waals surface area contributed by atoms with Crippen LogP contribution in [-0.4, -0.2) is 10.2 Å². The molecule has 0 atom stereocenters. The topological polar surface area (TPSA) is 66.5 Å². The van der Waals surface area contributed by atoms with Crippen molar-refractivity contribution >= 4 is 11.6 Å². The summed E-state index contributed by atoms with van der Waals surface area (Å²) in [6, 6.07) is 1.70. The highest BCUT2D eigenvalue weighted by Gasteiger charge is 2.43. The van der Waals surface area contributed by atoms with Gasteiger partial charge >= 0.3 is 0 Å². The fourth-order valence-corrected chi connectivity index (χ4v) is 1.79. The molecule has 1 aliphatic rings. The highest BCUT2D eigenvalue weighted by atomic mass is 35.5. The van der Waals surface area contributed by atoms with Crippen LogP contribution in [0.5, 0.6) is 11.5 Å². The summed E-state index contributed by atoms with van der Waals surface area (Å²) in [6.45, 7) is 1.73. The average Bonchev–Trinajstić information content (AvgIpc) is 2.87. The van der Waals surface area contributed by atoms with Crippen molar-refractivity contribution in [3.05, 3.63) is 22.2 Å². The van der Waals surface area contributed by atoms with Crippen LogP contribution in [0.4, 0.5) is 0 Å². The molecule has 3 nitrogen and oxygen atoms in total. The molecule has 0 spiro atoms. The molecule has 1 saturated carbocycles. The lowest BCUT2D eigenvalue weighted by Gasteiger charge is -2.14. The number of phenolic OH excluding ortho intramolecular Hbond substituents is 2. The van der Waals surface area contributed by atoms with Crippen molar-refractivity contribution in [2.75, 3.05) is 0 Å². The second kappa shape index (κ2) is 2.78. The summed E-state index contributed by atoms with van der Waals surface area (Å²) in [5.41, 5.74) is 6.79. The van der Waals surface area contributed by atoms with Gasteiger partial charge in [-0.05, 0) is 31.4 Å². The van der Waals surface area contributed by atoms with Gasteiger partial charge in [0.2, 0.25) is 0 Å². The molecule has 4 heteroatoms. The maximum Gasteiger partial charge on any atom is 0.143 e. The molecule has 1 aromatic rings. The van der Waals surface area contributed by atoms with Crippen LogP contribution in [0.2, 0.25) is 5.02 Å². The molecule has 1 aliphatic carbocycles. The van der Waals surface area contributed by atoms with Crippen molar-refractivity contribution < 1.29 is 10.2 Å². The zero-order valence-electron chi connectivity index (χ0n) is 7.84. The predicted molar refractivity (Wildman–Crippen MR) is 54.6 cm³/mol. The number of halogens is 1. The molecule has 0 amide bonds. The molecule has 0 bridgehead atoms.